The van der Waals surface area contributed by atoms with E-state index in [0.717, 1.165) is 35.2 Å². The Kier molecular flexibility index (Phi) is 5.89. The smallest absolute Gasteiger partial charge is 0.350 e. The van der Waals surface area contributed by atoms with Crippen molar-refractivity contribution in [2.75, 3.05) is 19.5 Å². The fourth-order valence-electron chi connectivity index (χ4n) is 4.15. The molecule has 5 rings (SSSR count). The van der Waals surface area contributed by atoms with Crippen LogP contribution in [0, 0.1) is 0 Å². The summed E-state index contributed by atoms with van der Waals surface area (Å²) in [6, 6.07) is 15.4. The standard InChI is InChI=1S/C25H24N4O4S/c1-29(15-18-10-13-26-33-18)14-17-8-9-19-20(21(23(30)32-2)34-22(19)27-17)28-24(31)25(11-12-25)16-6-4-3-5-7-16/h3-10,13H,11-12,14-15H2,1-2H3,(H,28,31). The number of hydrogen-bond acceptors (Lipinski definition) is 8. The van der Waals surface area contributed by atoms with Crippen LogP contribution in [0.2, 0.25) is 0 Å². The van der Waals surface area contributed by atoms with Crippen molar-refractivity contribution in [2.24, 2.45) is 0 Å². The average molecular weight is 477 g/mol. The summed E-state index contributed by atoms with van der Waals surface area (Å²) in [5, 5.41) is 7.50. The quantitative estimate of drug-likeness (QED) is 0.377. The van der Waals surface area contributed by atoms with Gasteiger partial charge in [-0.1, -0.05) is 35.5 Å². The molecule has 4 aromatic rings. The molecule has 0 unspecified atom stereocenters. The van der Waals surface area contributed by atoms with E-state index in [1.54, 1.807) is 6.20 Å². The number of rotatable bonds is 8. The predicted octanol–water partition coefficient (Wildman–Crippen LogP) is 4.37. The minimum Gasteiger partial charge on any atom is -0.465 e. The number of methoxy groups -OCH3 is 1. The summed E-state index contributed by atoms with van der Waals surface area (Å²) < 4.78 is 10.2. The van der Waals surface area contributed by atoms with Gasteiger partial charge in [-0.25, -0.2) is 9.78 Å². The van der Waals surface area contributed by atoms with E-state index >= 15 is 0 Å². The van der Waals surface area contributed by atoms with Crippen LogP contribution in [0.4, 0.5) is 5.69 Å². The number of pyridine rings is 1. The molecule has 1 N–H and O–H groups in total. The highest BCUT2D eigenvalue weighted by Crippen LogP contribution is 2.49. The van der Waals surface area contributed by atoms with Crippen LogP contribution < -0.4 is 5.32 Å². The lowest BCUT2D eigenvalue weighted by Crippen LogP contribution is -2.28. The summed E-state index contributed by atoms with van der Waals surface area (Å²) in [5.41, 5.74) is 1.74. The van der Waals surface area contributed by atoms with Crippen LogP contribution in [0.1, 0.15) is 39.5 Å². The second-order valence-electron chi connectivity index (χ2n) is 8.51. The third-order valence-electron chi connectivity index (χ3n) is 6.08. The molecule has 0 atom stereocenters. The maximum Gasteiger partial charge on any atom is 0.350 e. The van der Waals surface area contributed by atoms with E-state index in [0.29, 0.717) is 28.5 Å². The van der Waals surface area contributed by atoms with Crippen molar-refractivity contribution in [3.63, 3.8) is 0 Å². The van der Waals surface area contributed by atoms with Crippen LogP contribution in [0.15, 0.2) is 59.3 Å². The number of fused-ring (bicyclic) bond motifs is 1. The summed E-state index contributed by atoms with van der Waals surface area (Å²) in [4.78, 5) is 33.7. The highest BCUT2D eigenvalue weighted by Gasteiger charge is 2.51. The molecule has 1 fully saturated rings. The molecule has 3 heterocycles. The molecule has 3 aromatic heterocycles. The lowest BCUT2D eigenvalue weighted by molar-refractivity contribution is -0.118. The first-order valence-electron chi connectivity index (χ1n) is 11.0. The highest BCUT2D eigenvalue weighted by atomic mass is 32.1. The first-order valence-corrected chi connectivity index (χ1v) is 11.8. The summed E-state index contributed by atoms with van der Waals surface area (Å²) in [6.07, 6.45) is 3.17. The fraction of sp³-hybridized carbons (Fsp3) is 0.280. The van der Waals surface area contributed by atoms with Crippen molar-refractivity contribution in [3.8, 4) is 0 Å². The Balaban J connectivity index is 1.42. The monoisotopic (exact) mass is 476 g/mol. The minimum atomic E-state index is -0.556. The third-order valence-corrected chi connectivity index (χ3v) is 7.16. The van der Waals surface area contributed by atoms with Gasteiger partial charge in [0.05, 0.1) is 36.6 Å². The lowest BCUT2D eigenvalue weighted by Gasteiger charge is -2.16. The van der Waals surface area contributed by atoms with Crippen molar-refractivity contribution >= 4 is 39.1 Å². The molecule has 0 aliphatic heterocycles. The molecular weight excluding hydrogens is 452 g/mol. The number of thiophene rings is 1. The maximum absolute atomic E-state index is 13.4. The summed E-state index contributed by atoms with van der Waals surface area (Å²) in [5.74, 6) is 0.163. The minimum absolute atomic E-state index is 0.112. The molecule has 1 aromatic carbocycles. The maximum atomic E-state index is 13.4. The Morgan fingerprint density at radius 1 is 1.15 bits per heavy atom. The van der Waals surface area contributed by atoms with Gasteiger partial charge in [-0.2, -0.15) is 0 Å². The van der Waals surface area contributed by atoms with Crippen molar-refractivity contribution in [3.05, 3.63) is 76.6 Å². The van der Waals surface area contributed by atoms with Crippen molar-refractivity contribution in [2.45, 2.75) is 31.3 Å². The highest BCUT2D eigenvalue weighted by molar-refractivity contribution is 7.21. The van der Waals surface area contributed by atoms with Crippen LogP contribution >= 0.6 is 11.3 Å². The Bertz CT molecular complexity index is 1330. The number of carbonyl (C=O) groups is 2. The van der Waals surface area contributed by atoms with Gasteiger partial charge in [0.15, 0.2) is 5.76 Å². The van der Waals surface area contributed by atoms with E-state index in [4.69, 9.17) is 14.2 Å². The molecule has 0 radical (unpaired) electrons. The lowest BCUT2D eigenvalue weighted by atomic mass is 9.95. The zero-order chi connectivity index (χ0) is 23.7. The van der Waals surface area contributed by atoms with Crippen LogP contribution in [-0.4, -0.2) is 41.1 Å². The number of nitrogens with one attached hydrogen (secondary N) is 1. The molecule has 0 spiro atoms. The van der Waals surface area contributed by atoms with Crippen molar-refractivity contribution in [1.29, 1.82) is 0 Å². The number of amides is 1. The Morgan fingerprint density at radius 2 is 1.94 bits per heavy atom. The van der Waals surface area contributed by atoms with Crippen LogP contribution in [-0.2, 0) is 28.0 Å². The third kappa shape index (κ3) is 4.20. The second-order valence-corrected chi connectivity index (χ2v) is 9.51. The molecule has 34 heavy (non-hydrogen) atoms. The van der Waals surface area contributed by atoms with Gasteiger partial charge in [-0.15, -0.1) is 11.3 Å². The first-order chi connectivity index (χ1) is 16.5. The Hall–Kier alpha value is -3.56. The number of aromatic nitrogens is 2. The molecule has 1 saturated carbocycles. The van der Waals surface area contributed by atoms with Gasteiger partial charge in [-0.3, -0.25) is 9.69 Å². The van der Waals surface area contributed by atoms with Gasteiger partial charge in [-0.05, 0) is 37.6 Å². The van der Waals surface area contributed by atoms with Crippen molar-refractivity contribution < 1.29 is 18.8 Å². The van der Waals surface area contributed by atoms with E-state index in [2.05, 4.69) is 15.4 Å². The van der Waals surface area contributed by atoms with Gasteiger partial charge >= 0.3 is 5.97 Å². The topological polar surface area (TPSA) is 97.6 Å². The van der Waals surface area contributed by atoms with Gasteiger partial charge < -0.3 is 14.6 Å². The SMILES string of the molecule is COC(=O)c1sc2nc(CN(C)Cc3ccno3)ccc2c1NC(=O)C1(c2ccccc2)CC1. The number of benzene rings is 1. The molecule has 1 aliphatic carbocycles. The van der Waals surface area contributed by atoms with Crippen LogP contribution in [0.25, 0.3) is 10.2 Å². The van der Waals surface area contributed by atoms with Crippen molar-refractivity contribution in [1.82, 2.24) is 15.0 Å². The molecule has 9 heteroatoms. The van der Waals surface area contributed by atoms with E-state index in [1.807, 2.05) is 55.6 Å². The number of nitrogens with zero attached hydrogens (tertiary/aromatic N) is 3. The van der Waals surface area contributed by atoms with Crippen LogP contribution in [0.5, 0.6) is 0 Å². The number of anilines is 1. The number of esters is 1. The fourth-order valence-corrected chi connectivity index (χ4v) is 5.22. The summed E-state index contributed by atoms with van der Waals surface area (Å²) in [7, 11) is 3.30. The molecule has 0 bridgehead atoms. The number of ether oxygens (including phenoxy) is 1. The molecule has 174 valence electrons. The van der Waals surface area contributed by atoms with E-state index in [-0.39, 0.29) is 5.91 Å². The Labute approximate surface area is 200 Å². The molecular formula is C25H24N4O4S. The number of hydrogen-bond donors (Lipinski definition) is 1. The molecule has 1 amide bonds. The summed E-state index contributed by atoms with van der Waals surface area (Å²) >= 11 is 1.22. The van der Waals surface area contributed by atoms with E-state index in [9.17, 15) is 9.59 Å². The first kappa shape index (κ1) is 22.2. The van der Waals surface area contributed by atoms with Crippen LogP contribution in [0.3, 0.4) is 0 Å². The largest absolute Gasteiger partial charge is 0.465 e. The molecule has 1 aliphatic rings. The molecule has 0 saturated heterocycles. The zero-order valence-electron chi connectivity index (χ0n) is 18.9. The normalized spacial score (nSPS) is 14.3. The predicted molar refractivity (Wildman–Crippen MR) is 129 cm³/mol. The van der Waals surface area contributed by atoms with Gasteiger partial charge in [0, 0.05) is 18.0 Å². The van der Waals surface area contributed by atoms with Gasteiger partial charge in [0.25, 0.3) is 0 Å². The van der Waals surface area contributed by atoms with Gasteiger partial charge in [0.2, 0.25) is 5.91 Å². The van der Waals surface area contributed by atoms with E-state index in [1.165, 1.54) is 18.4 Å². The molecule has 8 nitrogen and oxygen atoms in total. The Morgan fingerprint density at radius 3 is 2.62 bits per heavy atom. The average Bonchev–Trinajstić information content (AvgIpc) is 3.38. The zero-order valence-corrected chi connectivity index (χ0v) is 19.7. The second kappa shape index (κ2) is 9.00. The van der Waals surface area contributed by atoms with Gasteiger partial charge in [0.1, 0.15) is 9.71 Å². The van der Waals surface area contributed by atoms with E-state index < -0.39 is 11.4 Å². The number of carbonyl (C=O) groups excluding carboxylic acids is 2. The summed E-state index contributed by atoms with van der Waals surface area (Å²) in [6.45, 7) is 1.18.